The average molecular weight is 394 g/mol. The SMILES string of the molecule is CCCCCC(CC)c1c2n(c3cc(C(=O)OC)ccc13)CCCn1ccnc1-2. The summed E-state index contributed by atoms with van der Waals surface area (Å²) < 4.78 is 9.65. The topological polar surface area (TPSA) is 49.0 Å². The van der Waals surface area contributed by atoms with Crippen molar-refractivity contribution in [3.8, 4) is 11.5 Å². The molecule has 3 heterocycles. The quantitative estimate of drug-likeness (QED) is 0.378. The Kier molecular flexibility index (Phi) is 5.74. The number of nitrogens with zero attached hydrogens (tertiary/aromatic N) is 3. The van der Waals surface area contributed by atoms with E-state index in [2.05, 4.69) is 35.2 Å². The maximum Gasteiger partial charge on any atom is 0.337 e. The van der Waals surface area contributed by atoms with Gasteiger partial charge in [-0.15, -0.1) is 0 Å². The Morgan fingerprint density at radius 2 is 2.10 bits per heavy atom. The lowest BCUT2D eigenvalue weighted by molar-refractivity contribution is 0.0601. The number of carbonyl (C=O) groups is 1. The number of hydrogen-bond donors (Lipinski definition) is 0. The van der Waals surface area contributed by atoms with Gasteiger partial charge < -0.3 is 13.9 Å². The number of unbranched alkanes of at least 4 members (excludes halogenated alkanes) is 2. The van der Waals surface area contributed by atoms with E-state index in [9.17, 15) is 4.79 Å². The molecule has 0 fully saturated rings. The molecule has 3 aromatic rings. The highest BCUT2D eigenvalue weighted by Crippen LogP contribution is 2.42. The fraction of sp³-hybridized carbons (Fsp3) is 0.500. The lowest BCUT2D eigenvalue weighted by Gasteiger charge is -2.17. The molecule has 1 aliphatic heterocycles. The zero-order valence-electron chi connectivity index (χ0n) is 17.8. The third kappa shape index (κ3) is 3.47. The Balaban J connectivity index is 1.95. The minimum atomic E-state index is -0.283. The van der Waals surface area contributed by atoms with Gasteiger partial charge in [-0.25, -0.2) is 9.78 Å². The van der Waals surface area contributed by atoms with Gasteiger partial charge in [-0.1, -0.05) is 39.2 Å². The molecule has 0 saturated carbocycles. The Hall–Kier alpha value is -2.56. The van der Waals surface area contributed by atoms with E-state index in [4.69, 9.17) is 9.72 Å². The zero-order chi connectivity index (χ0) is 20.4. The smallest absolute Gasteiger partial charge is 0.337 e. The van der Waals surface area contributed by atoms with Gasteiger partial charge in [-0.2, -0.15) is 0 Å². The van der Waals surface area contributed by atoms with E-state index in [-0.39, 0.29) is 5.97 Å². The normalized spacial score (nSPS) is 14.3. The highest BCUT2D eigenvalue weighted by molar-refractivity contribution is 5.98. The van der Waals surface area contributed by atoms with Gasteiger partial charge in [0.15, 0.2) is 5.82 Å². The molecule has 0 N–H and O–H groups in total. The zero-order valence-corrected chi connectivity index (χ0v) is 17.8. The first-order valence-corrected chi connectivity index (χ1v) is 11.0. The van der Waals surface area contributed by atoms with E-state index in [1.165, 1.54) is 49.4 Å². The summed E-state index contributed by atoms with van der Waals surface area (Å²) in [6.07, 6.45) is 11.1. The third-order valence-corrected chi connectivity index (χ3v) is 6.29. The molecule has 1 aliphatic rings. The fourth-order valence-electron chi connectivity index (χ4n) is 4.81. The molecule has 5 heteroatoms. The van der Waals surface area contributed by atoms with Gasteiger partial charge >= 0.3 is 5.97 Å². The van der Waals surface area contributed by atoms with Crippen LogP contribution in [-0.2, 0) is 17.8 Å². The maximum absolute atomic E-state index is 12.2. The molecule has 29 heavy (non-hydrogen) atoms. The van der Waals surface area contributed by atoms with Crippen LogP contribution in [-0.4, -0.2) is 27.2 Å². The molecule has 1 aromatic carbocycles. The minimum absolute atomic E-state index is 0.283. The van der Waals surface area contributed by atoms with Crippen LogP contribution < -0.4 is 0 Å². The van der Waals surface area contributed by atoms with Crippen LogP contribution in [0.15, 0.2) is 30.6 Å². The molecule has 0 bridgehead atoms. The summed E-state index contributed by atoms with van der Waals surface area (Å²) in [4.78, 5) is 16.9. The molecule has 0 aliphatic carbocycles. The molecule has 0 spiro atoms. The summed E-state index contributed by atoms with van der Waals surface area (Å²) >= 11 is 0. The molecule has 4 rings (SSSR count). The fourth-order valence-corrected chi connectivity index (χ4v) is 4.81. The highest BCUT2D eigenvalue weighted by Gasteiger charge is 2.28. The summed E-state index contributed by atoms with van der Waals surface area (Å²) in [7, 11) is 1.44. The van der Waals surface area contributed by atoms with Gasteiger partial charge in [-0.05, 0) is 42.9 Å². The molecule has 0 amide bonds. The van der Waals surface area contributed by atoms with Gasteiger partial charge in [0, 0.05) is 36.4 Å². The number of esters is 1. The first-order chi connectivity index (χ1) is 14.2. The van der Waals surface area contributed by atoms with Gasteiger partial charge in [-0.3, -0.25) is 0 Å². The van der Waals surface area contributed by atoms with Crippen LogP contribution in [0.1, 0.15) is 74.2 Å². The van der Waals surface area contributed by atoms with E-state index in [0.29, 0.717) is 11.5 Å². The van der Waals surface area contributed by atoms with Crippen molar-refractivity contribution in [1.29, 1.82) is 0 Å². The lowest BCUT2D eigenvalue weighted by Crippen LogP contribution is -2.04. The van der Waals surface area contributed by atoms with Gasteiger partial charge in [0.05, 0.1) is 18.4 Å². The summed E-state index contributed by atoms with van der Waals surface area (Å²) in [5.74, 6) is 1.27. The first-order valence-electron chi connectivity index (χ1n) is 11.0. The maximum atomic E-state index is 12.2. The predicted octanol–water partition coefficient (Wildman–Crippen LogP) is 5.77. The van der Waals surface area contributed by atoms with Crippen LogP contribution in [0.2, 0.25) is 0 Å². The van der Waals surface area contributed by atoms with Crippen LogP contribution in [0.5, 0.6) is 0 Å². The summed E-state index contributed by atoms with van der Waals surface area (Å²) in [5, 5.41) is 1.26. The van der Waals surface area contributed by atoms with Crippen LogP contribution in [0.25, 0.3) is 22.4 Å². The number of aryl methyl sites for hydroxylation is 2. The van der Waals surface area contributed by atoms with Crippen molar-refractivity contribution >= 4 is 16.9 Å². The number of methoxy groups -OCH3 is 1. The van der Waals surface area contributed by atoms with Crippen molar-refractivity contribution in [1.82, 2.24) is 14.1 Å². The number of aromatic nitrogens is 3. The summed E-state index contributed by atoms with van der Waals surface area (Å²) in [6.45, 7) is 6.46. The second-order valence-corrected chi connectivity index (χ2v) is 8.04. The molecule has 1 atom stereocenters. The monoisotopic (exact) mass is 393 g/mol. The van der Waals surface area contributed by atoms with Crippen molar-refractivity contribution in [2.45, 2.75) is 71.4 Å². The van der Waals surface area contributed by atoms with E-state index < -0.39 is 0 Å². The van der Waals surface area contributed by atoms with Crippen molar-refractivity contribution in [2.75, 3.05) is 7.11 Å². The van der Waals surface area contributed by atoms with Gasteiger partial charge in [0.2, 0.25) is 0 Å². The predicted molar refractivity (Wildman–Crippen MR) is 116 cm³/mol. The molecular formula is C24H31N3O2. The van der Waals surface area contributed by atoms with Crippen LogP contribution in [0, 0.1) is 0 Å². The molecule has 5 nitrogen and oxygen atoms in total. The molecule has 0 radical (unpaired) electrons. The second-order valence-electron chi connectivity index (χ2n) is 8.04. The number of rotatable bonds is 7. The lowest BCUT2D eigenvalue weighted by atomic mass is 9.88. The van der Waals surface area contributed by atoms with Crippen molar-refractivity contribution in [3.05, 3.63) is 41.7 Å². The Bertz CT molecular complexity index is 1010. The molecule has 2 aromatic heterocycles. The van der Waals surface area contributed by atoms with Crippen molar-refractivity contribution in [2.24, 2.45) is 0 Å². The molecular weight excluding hydrogens is 362 g/mol. The Morgan fingerprint density at radius 3 is 2.86 bits per heavy atom. The standard InChI is InChI=1S/C24H31N3O2/c1-4-6-7-9-17(5-2)21-19-11-10-18(24(28)29-3)16-20(19)27-14-8-13-26-15-12-25-23(26)22(21)27/h10-12,15-17H,4-9,13-14H2,1-3H3. The average Bonchev–Trinajstić information content (AvgIpc) is 3.28. The number of ether oxygens (including phenoxy) is 1. The van der Waals surface area contributed by atoms with Gasteiger partial charge in [0.1, 0.15) is 0 Å². The van der Waals surface area contributed by atoms with E-state index in [0.717, 1.165) is 37.3 Å². The summed E-state index contributed by atoms with van der Waals surface area (Å²) in [5.41, 5.74) is 4.39. The van der Waals surface area contributed by atoms with Crippen LogP contribution in [0.4, 0.5) is 0 Å². The van der Waals surface area contributed by atoms with Crippen LogP contribution >= 0.6 is 0 Å². The van der Waals surface area contributed by atoms with Crippen molar-refractivity contribution < 1.29 is 9.53 Å². The van der Waals surface area contributed by atoms with Crippen molar-refractivity contribution in [3.63, 3.8) is 0 Å². The largest absolute Gasteiger partial charge is 0.465 e. The first kappa shape index (κ1) is 19.7. The highest BCUT2D eigenvalue weighted by atomic mass is 16.5. The Morgan fingerprint density at radius 1 is 1.24 bits per heavy atom. The van der Waals surface area contributed by atoms with E-state index in [1.54, 1.807) is 0 Å². The number of hydrogen-bond acceptors (Lipinski definition) is 3. The number of imidazole rings is 1. The van der Waals surface area contributed by atoms with Gasteiger partial charge in [0.25, 0.3) is 0 Å². The third-order valence-electron chi connectivity index (χ3n) is 6.29. The Labute approximate surface area is 172 Å². The number of carbonyl (C=O) groups excluding carboxylic acids is 1. The van der Waals surface area contributed by atoms with E-state index >= 15 is 0 Å². The number of fused-ring (bicyclic) bond motifs is 5. The molecule has 1 unspecified atom stereocenters. The second kappa shape index (κ2) is 8.44. The molecule has 154 valence electrons. The van der Waals surface area contributed by atoms with Crippen LogP contribution in [0.3, 0.4) is 0 Å². The minimum Gasteiger partial charge on any atom is -0.465 e. The van der Waals surface area contributed by atoms with E-state index in [1.807, 2.05) is 18.3 Å². The summed E-state index contributed by atoms with van der Waals surface area (Å²) in [6, 6.07) is 6.03. The molecule has 0 saturated heterocycles. The number of benzene rings is 1.